The molecule has 0 aliphatic carbocycles. The molecule has 0 aromatic heterocycles. The molecule has 0 aliphatic heterocycles. The van der Waals surface area contributed by atoms with Gasteiger partial charge >= 0.3 is 5.97 Å². The number of hydrogen-bond donors (Lipinski definition) is 1. The zero-order valence-electron chi connectivity index (χ0n) is 13.3. The normalized spacial score (nSPS) is 11.0. The van der Waals surface area contributed by atoms with Gasteiger partial charge in [-0.15, -0.1) is 0 Å². The summed E-state index contributed by atoms with van der Waals surface area (Å²) in [5.41, 5.74) is 2.72. The highest BCUT2D eigenvalue weighted by atomic mass is 16.5. The molecule has 3 aromatic rings. The number of ether oxygens (including phenoxy) is 1. The Morgan fingerprint density at radius 2 is 1.83 bits per heavy atom. The lowest BCUT2D eigenvalue weighted by Gasteiger charge is -2.10. The average Bonchev–Trinajstić information content (AvgIpc) is 2.59. The van der Waals surface area contributed by atoms with Crippen molar-refractivity contribution in [1.82, 2.24) is 0 Å². The van der Waals surface area contributed by atoms with E-state index in [1.807, 2.05) is 61.5 Å². The Kier molecular flexibility index (Phi) is 4.57. The molecule has 0 fully saturated rings. The van der Waals surface area contributed by atoms with Crippen LogP contribution in [-0.4, -0.2) is 23.9 Å². The fourth-order valence-electron chi connectivity index (χ4n) is 2.52. The topological polar surface area (TPSA) is 58.9 Å². The minimum Gasteiger partial charge on any atom is -0.481 e. The highest BCUT2D eigenvalue weighted by Gasteiger charge is 2.09. The lowest BCUT2D eigenvalue weighted by molar-refractivity contribution is -0.139. The van der Waals surface area contributed by atoms with Gasteiger partial charge in [0.2, 0.25) is 0 Å². The average molecular weight is 319 g/mol. The van der Waals surface area contributed by atoms with Gasteiger partial charge in [-0.25, -0.2) is 4.79 Å². The van der Waals surface area contributed by atoms with Gasteiger partial charge in [-0.1, -0.05) is 48.5 Å². The van der Waals surface area contributed by atoms with Crippen molar-refractivity contribution in [2.75, 3.05) is 6.61 Å². The molecule has 4 nitrogen and oxygen atoms in total. The van der Waals surface area contributed by atoms with E-state index >= 15 is 0 Å². The third kappa shape index (κ3) is 3.43. The van der Waals surface area contributed by atoms with E-state index in [-0.39, 0.29) is 6.61 Å². The zero-order chi connectivity index (χ0) is 16.9. The minimum absolute atomic E-state index is 0.385. The molecule has 0 bridgehead atoms. The van der Waals surface area contributed by atoms with Crippen LogP contribution < -0.4 is 4.74 Å². The highest BCUT2D eigenvalue weighted by molar-refractivity contribution is 6.03. The third-order valence-corrected chi connectivity index (χ3v) is 3.73. The van der Waals surface area contributed by atoms with Gasteiger partial charge in [0.25, 0.3) is 0 Å². The van der Waals surface area contributed by atoms with Crippen molar-refractivity contribution in [2.24, 2.45) is 4.99 Å². The van der Waals surface area contributed by atoms with E-state index < -0.39 is 5.97 Å². The van der Waals surface area contributed by atoms with Crippen molar-refractivity contribution in [3.05, 3.63) is 71.8 Å². The number of carboxylic acid groups (broad SMARTS) is 1. The molecule has 24 heavy (non-hydrogen) atoms. The molecule has 1 N–H and O–H groups in total. The summed E-state index contributed by atoms with van der Waals surface area (Å²) < 4.78 is 5.43. The predicted octanol–water partition coefficient (Wildman–Crippen LogP) is 4.36. The number of aliphatic imine (C=N–C) groups is 1. The molecule has 0 heterocycles. The standard InChI is InChI=1S/C20H17NO3/c1-14-6-2-5-9-18(14)21-12-17-16-8-4-3-7-15(16)10-11-19(17)24-13-20(22)23/h2-12H,13H2,1H3,(H,22,23). The Morgan fingerprint density at radius 1 is 1.08 bits per heavy atom. The molecule has 0 saturated heterocycles. The number of hydrogen-bond acceptors (Lipinski definition) is 3. The fraction of sp³-hybridized carbons (Fsp3) is 0.100. The summed E-state index contributed by atoms with van der Waals surface area (Å²) in [7, 11) is 0. The number of nitrogens with zero attached hydrogens (tertiary/aromatic N) is 1. The van der Waals surface area contributed by atoms with Crippen molar-refractivity contribution in [3.63, 3.8) is 0 Å². The summed E-state index contributed by atoms with van der Waals surface area (Å²) >= 11 is 0. The third-order valence-electron chi connectivity index (χ3n) is 3.73. The van der Waals surface area contributed by atoms with Crippen LogP contribution in [-0.2, 0) is 4.79 Å². The molecule has 3 aromatic carbocycles. The van der Waals surface area contributed by atoms with E-state index in [9.17, 15) is 4.79 Å². The van der Waals surface area contributed by atoms with Crippen molar-refractivity contribution in [2.45, 2.75) is 6.92 Å². The van der Waals surface area contributed by atoms with Gasteiger partial charge in [0.15, 0.2) is 6.61 Å². The second-order valence-corrected chi connectivity index (χ2v) is 5.43. The van der Waals surface area contributed by atoms with E-state index in [1.54, 1.807) is 12.3 Å². The van der Waals surface area contributed by atoms with Gasteiger partial charge in [0.05, 0.1) is 5.69 Å². The van der Waals surface area contributed by atoms with E-state index in [0.717, 1.165) is 27.6 Å². The van der Waals surface area contributed by atoms with Crippen molar-refractivity contribution in [1.29, 1.82) is 0 Å². The number of rotatable bonds is 5. The predicted molar refractivity (Wildman–Crippen MR) is 95.5 cm³/mol. The smallest absolute Gasteiger partial charge is 0.341 e. The monoisotopic (exact) mass is 319 g/mol. The van der Waals surface area contributed by atoms with Crippen LogP contribution in [0.2, 0.25) is 0 Å². The molecule has 0 spiro atoms. The van der Waals surface area contributed by atoms with Gasteiger partial charge in [0, 0.05) is 11.8 Å². The number of carboxylic acids is 1. The number of carbonyl (C=O) groups is 1. The molecule has 0 radical (unpaired) electrons. The number of fused-ring (bicyclic) bond motifs is 1. The van der Waals surface area contributed by atoms with Crippen LogP contribution in [0.25, 0.3) is 10.8 Å². The molecular formula is C20H17NO3. The Balaban J connectivity index is 2.07. The first-order valence-electron chi connectivity index (χ1n) is 7.61. The Morgan fingerprint density at radius 3 is 2.62 bits per heavy atom. The van der Waals surface area contributed by atoms with Crippen LogP contribution in [0.15, 0.2) is 65.7 Å². The minimum atomic E-state index is -1.01. The van der Waals surface area contributed by atoms with Gasteiger partial charge in [-0.3, -0.25) is 4.99 Å². The SMILES string of the molecule is Cc1ccccc1N=Cc1c(OCC(=O)O)ccc2ccccc12. The molecule has 120 valence electrons. The van der Waals surface area contributed by atoms with Gasteiger partial charge in [-0.05, 0) is 35.4 Å². The first-order chi connectivity index (χ1) is 11.6. The lowest BCUT2D eigenvalue weighted by Crippen LogP contribution is -2.10. The largest absolute Gasteiger partial charge is 0.481 e. The van der Waals surface area contributed by atoms with E-state index in [1.165, 1.54) is 0 Å². The fourth-order valence-corrected chi connectivity index (χ4v) is 2.52. The molecular weight excluding hydrogens is 302 g/mol. The van der Waals surface area contributed by atoms with E-state index in [2.05, 4.69) is 4.99 Å². The molecule has 0 aliphatic rings. The first kappa shape index (κ1) is 15.7. The molecule has 0 saturated carbocycles. The maximum Gasteiger partial charge on any atom is 0.341 e. The summed E-state index contributed by atoms with van der Waals surface area (Å²) in [5, 5.41) is 10.9. The number of aliphatic carboxylic acids is 1. The highest BCUT2D eigenvalue weighted by Crippen LogP contribution is 2.28. The molecule has 0 unspecified atom stereocenters. The number of aryl methyl sites for hydroxylation is 1. The summed E-state index contributed by atoms with van der Waals surface area (Å²) in [6, 6.07) is 19.4. The Hall–Kier alpha value is -3.14. The molecule has 0 amide bonds. The maximum atomic E-state index is 10.8. The van der Waals surface area contributed by atoms with Gasteiger partial charge in [-0.2, -0.15) is 0 Å². The van der Waals surface area contributed by atoms with Crippen molar-refractivity contribution >= 4 is 28.6 Å². The van der Waals surface area contributed by atoms with Crippen LogP contribution in [0, 0.1) is 6.92 Å². The number of benzene rings is 3. The summed E-state index contributed by atoms with van der Waals surface area (Å²) in [6.45, 7) is 1.61. The van der Waals surface area contributed by atoms with Crippen molar-refractivity contribution < 1.29 is 14.6 Å². The first-order valence-corrected chi connectivity index (χ1v) is 7.61. The van der Waals surface area contributed by atoms with Gasteiger partial charge < -0.3 is 9.84 Å². The molecule has 3 rings (SSSR count). The van der Waals surface area contributed by atoms with Crippen LogP contribution >= 0.6 is 0 Å². The van der Waals surface area contributed by atoms with E-state index in [0.29, 0.717) is 5.75 Å². The maximum absolute atomic E-state index is 10.8. The van der Waals surface area contributed by atoms with Crippen LogP contribution in [0.4, 0.5) is 5.69 Å². The van der Waals surface area contributed by atoms with Crippen LogP contribution in [0.1, 0.15) is 11.1 Å². The van der Waals surface area contributed by atoms with Gasteiger partial charge in [0.1, 0.15) is 5.75 Å². The van der Waals surface area contributed by atoms with Crippen LogP contribution in [0.5, 0.6) is 5.75 Å². The Labute approximate surface area is 140 Å². The number of para-hydroxylation sites is 1. The summed E-state index contributed by atoms with van der Waals surface area (Å²) in [6.07, 6.45) is 1.74. The lowest BCUT2D eigenvalue weighted by atomic mass is 10.0. The molecule has 0 atom stereocenters. The summed E-state index contributed by atoms with van der Waals surface area (Å²) in [4.78, 5) is 15.4. The second-order valence-electron chi connectivity index (χ2n) is 5.43. The molecule has 4 heteroatoms. The van der Waals surface area contributed by atoms with E-state index in [4.69, 9.17) is 9.84 Å². The Bertz CT molecular complexity index is 916. The second kappa shape index (κ2) is 6.96. The van der Waals surface area contributed by atoms with Crippen LogP contribution in [0.3, 0.4) is 0 Å². The quantitative estimate of drug-likeness (QED) is 0.711. The van der Waals surface area contributed by atoms with Crippen molar-refractivity contribution in [3.8, 4) is 5.75 Å². The summed E-state index contributed by atoms with van der Waals surface area (Å²) in [5.74, 6) is -0.501. The zero-order valence-corrected chi connectivity index (χ0v) is 13.3.